The number of aryl methyl sites for hydroxylation is 1. The molecule has 2 atom stereocenters. The number of hydrogen-bond donors (Lipinski definition) is 0. The maximum atomic E-state index is 11.8. The van der Waals surface area contributed by atoms with Crippen molar-refractivity contribution in [3.8, 4) is 0 Å². The highest BCUT2D eigenvalue weighted by molar-refractivity contribution is 7.09. The number of carbonyl (C=O) groups excluding carboxylic acids is 1. The molecule has 20 heavy (non-hydrogen) atoms. The summed E-state index contributed by atoms with van der Waals surface area (Å²) in [5.74, 6) is 0.857. The third-order valence-electron chi connectivity index (χ3n) is 3.94. The van der Waals surface area contributed by atoms with Gasteiger partial charge in [-0.25, -0.2) is 4.98 Å². The molecule has 2 fully saturated rings. The monoisotopic (exact) mass is 296 g/mol. The molecule has 7 heteroatoms. The smallest absolute Gasteiger partial charge is 0.323 e. The number of ether oxygens (including phenoxy) is 1. The van der Waals surface area contributed by atoms with Crippen LogP contribution in [-0.4, -0.2) is 58.6 Å². The van der Waals surface area contributed by atoms with Gasteiger partial charge in [-0.3, -0.25) is 9.69 Å². The normalized spacial score (nSPS) is 27.9. The van der Waals surface area contributed by atoms with Crippen molar-refractivity contribution in [1.82, 2.24) is 14.3 Å². The van der Waals surface area contributed by atoms with Crippen LogP contribution in [0.15, 0.2) is 0 Å². The zero-order valence-electron chi connectivity index (χ0n) is 11.9. The van der Waals surface area contributed by atoms with E-state index in [9.17, 15) is 4.79 Å². The average molecular weight is 296 g/mol. The second kappa shape index (κ2) is 5.65. The molecule has 1 aromatic rings. The molecule has 6 nitrogen and oxygen atoms in total. The number of anilines is 1. The molecule has 0 saturated carbocycles. The van der Waals surface area contributed by atoms with E-state index in [1.165, 1.54) is 11.5 Å². The molecule has 0 N–H and O–H groups in total. The van der Waals surface area contributed by atoms with Crippen LogP contribution < -0.4 is 4.90 Å². The fraction of sp³-hybridized carbons (Fsp3) is 0.769. The van der Waals surface area contributed by atoms with Gasteiger partial charge in [-0.05, 0) is 6.92 Å². The van der Waals surface area contributed by atoms with Crippen molar-refractivity contribution < 1.29 is 9.53 Å². The largest absolute Gasteiger partial charge is 0.461 e. The van der Waals surface area contributed by atoms with Gasteiger partial charge in [-0.2, -0.15) is 4.37 Å². The first-order valence-electron chi connectivity index (χ1n) is 7.19. The molecule has 0 bridgehead atoms. The van der Waals surface area contributed by atoms with Gasteiger partial charge in [0.05, 0.1) is 0 Å². The third kappa shape index (κ3) is 2.64. The lowest BCUT2D eigenvalue weighted by Gasteiger charge is -2.36. The number of cyclic esters (lactones) is 1. The number of rotatable bonds is 3. The van der Waals surface area contributed by atoms with Crippen molar-refractivity contribution in [2.24, 2.45) is 0 Å². The van der Waals surface area contributed by atoms with Crippen molar-refractivity contribution in [3.63, 3.8) is 0 Å². The number of carbonyl (C=O) groups is 1. The first-order chi connectivity index (χ1) is 9.67. The van der Waals surface area contributed by atoms with Crippen LogP contribution in [0.4, 0.5) is 5.13 Å². The Hall–Kier alpha value is -1.21. The van der Waals surface area contributed by atoms with Crippen LogP contribution in [0.1, 0.15) is 26.1 Å². The summed E-state index contributed by atoms with van der Waals surface area (Å²) >= 11 is 1.47. The van der Waals surface area contributed by atoms with Gasteiger partial charge in [-0.15, -0.1) is 0 Å². The molecular formula is C13H20N4O2S. The van der Waals surface area contributed by atoms with Crippen LogP contribution in [0.5, 0.6) is 0 Å². The van der Waals surface area contributed by atoms with Crippen LogP contribution in [0.2, 0.25) is 0 Å². The molecular weight excluding hydrogens is 276 g/mol. The second-order valence-corrected chi connectivity index (χ2v) is 6.10. The third-order valence-corrected chi connectivity index (χ3v) is 4.76. The Bertz CT molecular complexity index is 484. The molecule has 2 unspecified atom stereocenters. The lowest BCUT2D eigenvalue weighted by Crippen LogP contribution is -2.51. The van der Waals surface area contributed by atoms with Crippen molar-refractivity contribution >= 4 is 22.6 Å². The predicted molar refractivity (Wildman–Crippen MR) is 77.0 cm³/mol. The standard InChI is InChI=1S/C13H20N4O2S/c1-3-11-14-13(20-15-11)17-6-4-16(5-7-17)10-8-9(2)19-12(10)18/h9-10H,3-8H2,1-2H3. The van der Waals surface area contributed by atoms with Crippen LogP contribution in [0.25, 0.3) is 0 Å². The summed E-state index contributed by atoms with van der Waals surface area (Å²) in [5.41, 5.74) is 0. The van der Waals surface area contributed by atoms with E-state index in [4.69, 9.17) is 4.74 Å². The van der Waals surface area contributed by atoms with E-state index < -0.39 is 0 Å². The lowest BCUT2D eigenvalue weighted by atomic mass is 10.1. The van der Waals surface area contributed by atoms with Crippen molar-refractivity contribution in [1.29, 1.82) is 0 Å². The van der Waals surface area contributed by atoms with Gasteiger partial charge in [-0.1, -0.05) is 6.92 Å². The van der Waals surface area contributed by atoms with E-state index in [0.29, 0.717) is 0 Å². The molecule has 3 rings (SSSR count). The van der Waals surface area contributed by atoms with Crippen LogP contribution in [-0.2, 0) is 16.0 Å². The summed E-state index contributed by atoms with van der Waals surface area (Å²) in [6.07, 6.45) is 1.75. The zero-order valence-corrected chi connectivity index (χ0v) is 12.7. The summed E-state index contributed by atoms with van der Waals surface area (Å²) in [6, 6.07) is -0.0484. The van der Waals surface area contributed by atoms with E-state index in [1.54, 1.807) is 0 Å². The molecule has 0 spiro atoms. The first kappa shape index (κ1) is 13.8. The van der Waals surface area contributed by atoms with Gasteiger partial charge in [0.15, 0.2) is 0 Å². The predicted octanol–water partition coefficient (Wildman–Crippen LogP) is 0.926. The topological polar surface area (TPSA) is 58.6 Å². The second-order valence-electron chi connectivity index (χ2n) is 5.37. The summed E-state index contributed by atoms with van der Waals surface area (Å²) in [7, 11) is 0. The highest BCUT2D eigenvalue weighted by Crippen LogP contribution is 2.24. The fourth-order valence-electron chi connectivity index (χ4n) is 2.78. The van der Waals surface area contributed by atoms with E-state index in [0.717, 1.165) is 50.0 Å². The van der Waals surface area contributed by atoms with Crippen LogP contribution in [0, 0.1) is 0 Å². The highest BCUT2D eigenvalue weighted by Gasteiger charge is 2.37. The quantitative estimate of drug-likeness (QED) is 0.773. The van der Waals surface area contributed by atoms with Gasteiger partial charge in [0.25, 0.3) is 0 Å². The maximum absolute atomic E-state index is 11.8. The van der Waals surface area contributed by atoms with E-state index in [-0.39, 0.29) is 18.1 Å². The van der Waals surface area contributed by atoms with Gasteiger partial charge in [0.2, 0.25) is 5.13 Å². The maximum Gasteiger partial charge on any atom is 0.323 e. The summed E-state index contributed by atoms with van der Waals surface area (Å²) < 4.78 is 9.57. The first-order valence-corrected chi connectivity index (χ1v) is 7.96. The van der Waals surface area contributed by atoms with Crippen molar-refractivity contribution in [2.75, 3.05) is 31.1 Å². The summed E-state index contributed by atoms with van der Waals surface area (Å²) in [4.78, 5) is 20.8. The van der Waals surface area contributed by atoms with Gasteiger partial charge in [0.1, 0.15) is 18.0 Å². The van der Waals surface area contributed by atoms with Gasteiger partial charge < -0.3 is 9.64 Å². The molecule has 3 heterocycles. The summed E-state index contributed by atoms with van der Waals surface area (Å²) in [5, 5.41) is 1.00. The minimum Gasteiger partial charge on any atom is -0.461 e. The Balaban J connectivity index is 1.58. The number of nitrogens with zero attached hydrogens (tertiary/aromatic N) is 4. The SMILES string of the molecule is CCc1nsc(N2CCN(C3CC(C)OC3=O)CC2)n1. The molecule has 2 saturated heterocycles. The van der Waals surface area contributed by atoms with E-state index in [2.05, 4.69) is 26.1 Å². The summed E-state index contributed by atoms with van der Waals surface area (Å²) in [6.45, 7) is 7.59. The number of aromatic nitrogens is 2. The molecule has 2 aliphatic heterocycles. The molecule has 0 aromatic carbocycles. The van der Waals surface area contributed by atoms with Crippen molar-refractivity contribution in [3.05, 3.63) is 5.82 Å². The van der Waals surface area contributed by atoms with Crippen LogP contribution >= 0.6 is 11.5 Å². The molecule has 2 aliphatic rings. The minimum atomic E-state index is -0.0601. The minimum absolute atomic E-state index is 0.0484. The fourth-order valence-corrected chi connectivity index (χ4v) is 3.58. The Morgan fingerprint density at radius 2 is 2.10 bits per heavy atom. The number of piperazine rings is 1. The Morgan fingerprint density at radius 3 is 2.65 bits per heavy atom. The number of esters is 1. The van der Waals surface area contributed by atoms with Crippen molar-refractivity contribution in [2.45, 2.75) is 38.8 Å². The van der Waals surface area contributed by atoms with E-state index in [1.807, 2.05) is 6.92 Å². The molecule has 0 radical (unpaired) electrons. The Morgan fingerprint density at radius 1 is 1.35 bits per heavy atom. The Labute approximate surface area is 122 Å². The van der Waals surface area contributed by atoms with Crippen LogP contribution in [0.3, 0.4) is 0 Å². The Kier molecular flexibility index (Phi) is 3.89. The van der Waals surface area contributed by atoms with Gasteiger partial charge in [0, 0.05) is 50.6 Å². The molecule has 110 valence electrons. The lowest BCUT2D eigenvalue weighted by molar-refractivity contribution is -0.144. The highest BCUT2D eigenvalue weighted by atomic mass is 32.1. The van der Waals surface area contributed by atoms with E-state index >= 15 is 0 Å². The van der Waals surface area contributed by atoms with Gasteiger partial charge >= 0.3 is 5.97 Å². The average Bonchev–Trinajstić information content (AvgIpc) is 3.05. The molecule has 1 aromatic heterocycles. The zero-order chi connectivity index (χ0) is 14.1. The molecule has 0 aliphatic carbocycles. The number of hydrogen-bond acceptors (Lipinski definition) is 7. The molecule has 0 amide bonds.